The molecule has 1 atom stereocenters. The van der Waals surface area contributed by atoms with E-state index >= 15 is 0 Å². The third-order valence-corrected chi connectivity index (χ3v) is 4.39. The maximum absolute atomic E-state index is 12.8. The first-order chi connectivity index (χ1) is 12.7. The van der Waals surface area contributed by atoms with Gasteiger partial charge in [-0.15, -0.1) is 0 Å². The molecule has 0 N–H and O–H groups in total. The van der Waals surface area contributed by atoms with Crippen molar-refractivity contribution in [3.8, 4) is 23.3 Å². The summed E-state index contributed by atoms with van der Waals surface area (Å²) in [5.74, 6) is 1.90. The summed E-state index contributed by atoms with van der Waals surface area (Å²) in [6, 6.07) is 5.24. The molecule has 1 fully saturated rings. The molecular weight excluding hydrogens is 338 g/mol. The number of carbonyl (C=O) groups is 1. The van der Waals surface area contributed by atoms with Crippen LogP contribution in [0.4, 0.5) is 0 Å². The highest BCUT2D eigenvalue weighted by Crippen LogP contribution is 2.33. The van der Waals surface area contributed by atoms with Gasteiger partial charge >= 0.3 is 0 Å². The standard InChI is InChI=1S/C18H19N3O5/c1-23-16-17(20-7-6-19-16)26-13-3-2-8-21(10-13)18(22)12-4-5-14-15(9-12)25-11-24-14/h4-7,9,13H,2-3,8,10-11H2,1H3/t13-/m1/s1. The molecule has 8 heteroatoms. The van der Waals surface area contributed by atoms with Crippen molar-refractivity contribution in [2.45, 2.75) is 18.9 Å². The van der Waals surface area contributed by atoms with E-state index in [1.54, 1.807) is 35.5 Å². The average Bonchev–Trinajstić information content (AvgIpc) is 3.16. The van der Waals surface area contributed by atoms with Crippen LogP contribution in [-0.4, -0.2) is 53.9 Å². The second-order valence-corrected chi connectivity index (χ2v) is 6.07. The number of rotatable bonds is 4. The molecule has 0 spiro atoms. The summed E-state index contributed by atoms with van der Waals surface area (Å²) in [5.41, 5.74) is 0.576. The Kier molecular flexibility index (Phi) is 4.47. The molecule has 136 valence electrons. The van der Waals surface area contributed by atoms with E-state index in [0.717, 1.165) is 12.8 Å². The van der Waals surface area contributed by atoms with Gasteiger partial charge in [0.25, 0.3) is 17.7 Å². The third kappa shape index (κ3) is 3.22. The summed E-state index contributed by atoms with van der Waals surface area (Å²) in [7, 11) is 1.52. The minimum absolute atomic E-state index is 0.0530. The van der Waals surface area contributed by atoms with Gasteiger partial charge in [-0.3, -0.25) is 4.79 Å². The second kappa shape index (κ2) is 7.07. The molecule has 0 saturated carbocycles. The maximum Gasteiger partial charge on any atom is 0.278 e. The zero-order valence-corrected chi connectivity index (χ0v) is 14.4. The van der Waals surface area contributed by atoms with Gasteiger partial charge in [0.15, 0.2) is 11.5 Å². The SMILES string of the molecule is COc1nccnc1O[C@@H]1CCCN(C(=O)c2ccc3c(c2)OCO3)C1. The summed E-state index contributed by atoms with van der Waals surface area (Å²) in [6.07, 6.45) is 4.62. The smallest absolute Gasteiger partial charge is 0.278 e. The second-order valence-electron chi connectivity index (χ2n) is 6.07. The number of piperidine rings is 1. The average molecular weight is 357 g/mol. The van der Waals surface area contributed by atoms with Gasteiger partial charge in [-0.1, -0.05) is 0 Å². The number of methoxy groups -OCH3 is 1. The quantitative estimate of drug-likeness (QED) is 0.826. The zero-order chi connectivity index (χ0) is 17.9. The van der Waals surface area contributed by atoms with Crippen LogP contribution in [0.15, 0.2) is 30.6 Å². The van der Waals surface area contributed by atoms with Gasteiger partial charge in [-0.05, 0) is 31.0 Å². The molecule has 2 aromatic rings. The molecule has 0 radical (unpaired) electrons. The zero-order valence-electron chi connectivity index (χ0n) is 14.4. The van der Waals surface area contributed by atoms with Gasteiger partial charge in [0.1, 0.15) is 6.10 Å². The van der Waals surface area contributed by atoms with Crippen molar-refractivity contribution >= 4 is 5.91 Å². The number of hydrogen-bond donors (Lipinski definition) is 0. The molecule has 1 aromatic carbocycles. The highest BCUT2D eigenvalue weighted by atomic mass is 16.7. The molecule has 26 heavy (non-hydrogen) atoms. The van der Waals surface area contributed by atoms with Crippen LogP contribution in [0, 0.1) is 0 Å². The predicted molar refractivity (Wildman–Crippen MR) is 90.7 cm³/mol. The number of carbonyl (C=O) groups excluding carboxylic acids is 1. The molecular formula is C18H19N3O5. The highest BCUT2D eigenvalue weighted by Gasteiger charge is 2.28. The Bertz CT molecular complexity index is 813. The predicted octanol–water partition coefficient (Wildman–Crippen LogP) is 1.90. The maximum atomic E-state index is 12.8. The van der Waals surface area contributed by atoms with E-state index in [0.29, 0.717) is 41.9 Å². The lowest BCUT2D eigenvalue weighted by Gasteiger charge is -2.32. The lowest BCUT2D eigenvalue weighted by molar-refractivity contribution is 0.0519. The largest absolute Gasteiger partial charge is 0.477 e. The monoisotopic (exact) mass is 357 g/mol. The molecule has 1 aromatic heterocycles. The van der Waals surface area contributed by atoms with E-state index < -0.39 is 0 Å². The molecule has 0 unspecified atom stereocenters. The summed E-state index contributed by atoms with van der Waals surface area (Å²) in [4.78, 5) is 22.9. The van der Waals surface area contributed by atoms with Crippen LogP contribution in [0.3, 0.4) is 0 Å². The Morgan fingerprint density at radius 1 is 1.19 bits per heavy atom. The highest BCUT2D eigenvalue weighted by molar-refractivity contribution is 5.95. The van der Waals surface area contributed by atoms with Crippen molar-refractivity contribution in [2.24, 2.45) is 0 Å². The summed E-state index contributed by atoms with van der Waals surface area (Å²) >= 11 is 0. The van der Waals surface area contributed by atoms with Crippen LogP contribution >= 0.6 is 0 Å². The lowest BCUT2D eigenvalue weighted by Crippen LogP contribution is -2.44. The minimum Gasteiger partial charge on any atom is -0.477 e. The number of amides is 1. The van der Waals surface area contributed by atoms with Crippen molar-refractivity contribution in [3.05, 3.63) is 36.2 Å². The van der Waals surface area contributed by atoms with E-state index in [1.165, 1.54) is 7.11 Å². The van der Waals surface area contributed by atoms with Crippen molar-refractivity contribution < 1.29 is 23.7 Å². The van der Waals surface area contributed by atoms with Crippen LogP contribution < -0.4 is 18.9 Å². The van der Waals surface area contributed by atoms with Gasteiger partial charge in [-0.2, -0.15) is 0 Å². The molecule has 8 nitrogen and oxygen atoms in total. The van der Waals surface area contributed by atoms with Crippen LogP contribution in [0.2, 0.25) is 0 Å². The van der Waals surface area contributed by atoms with Gasteiger partial charge in [0, 0.05) is 24.5 Å². The Morgan fingerprint density at radius 2 is 2.00 bits per heavy atom. The fourth-order valence-corrected chi connectivity index (χ4v) is 3.12. The van der Waals surface area contributed by atoms with Gasteiger partial charge < -0.3 is 23.8 Å². The molecule has 0 bridgehead atoms. The summed E-state index contributed by atoms with van der Waals surface area (Å²) in [6.45, 7) is 1.35. The number of likely N-dealkylation sites (tertiary alicyclic amines) is 1. The molecule has 2 aliphatic rings. The number of fused-ring (bicyclic) bond motifs is 1. The summed E-state index contributed by atoms with van der Waals surface area (Å²) in [5, 5.41) is 0. The first-order valence-corrected chi connectivity index (χ1v) is 8.45. The first kappa shape index (κ1) is 16.4. The van der Waals surface area contributed by atoms with E-state index in [2.05, 4.69) is 9.97 Å². The van der Waals surface area contributed by atoms with Crippen molar-refractivity contribution in [1.29, 1.82) is 0 Å². The van der Waals surface area contributed by atoms with Crippen LogP contribution in [0.1, 0.15) is 23.2 Å². The van der Waals surface area contributed by atoms with Crippen molar-refractivity contribution in [2.75, 3.05) is 27.0 Å². The molecule has 0 aliphatic carbocycles. The number of hydrogen-bond acceptors (Lipinski definition) is 7. The fourth-order valence-electron chi connectivity index (χ4n) is 3.12. The van der Waals surface area contributed by atoms with Gasteiger partial charge in [0.05, 0.1) is 13.7 Å². The normalized spacial score (nSPS) is 18.5. The number of aromatic nitrogens is 2. The molecule has 4 rings (SSSR count). The Morgan fingerprint density at radius 3 is 2.85 bits per heavy atom. The van der Waals surface area contributed by atoms with Crippen LogP contribution in [0.25, 0.3) is 0 Å². The van der Waals surface area contributed by atoms with Crippen LogP contribution in [-0.2, 0) is 0 Å². The molecule has 2 aliphatic heterocycles. The van der Waals surface area contributed by atoms with E-state index in [-0.39, 0.29) is 18.8 Å². The van der Waals surface area contributed by atoms with Crippen molar-refractivity contribution in [3.63, 3.8) is 0 Å². The number of benzene rings is 1. The molecule has 3 heterocycles. The van der Waals surface area contributed by atoms with E-state index in [4.69, 9.17) is 18.9 Å². The molecule has 1 saturated heterocycles. The number of ether oxygens (including phenoxy) is 4. The third-order valence-electron chi connectivity index (χ3n) is 4.39. The minimum atomic E-state index is -0.160. The van der Waals surface area contributed by atoms with Gasteiger partial charge in [0.2, 0.25) is 6.79 Å². The van der Waals surface area contributed by atoms with E-state index in [1.807, 2.05) is 0 Å². The van der Waals surface area contributed by atoms with Crippen molar-refractivity contribution in [1.82, 2.24) is 14.9 Å². The Labute approximate surface area is 150 Å². The Hall–Kier alpha value is -3.03. The first-order valence-electron chi connectivity index (χ1n) is 8.45. The Balaban J connectivity index is 1.45. The fraction of sp³-hybridized carbons (Fsp3) is 0.389. The van der Waals surface area contributed by atoms with Crippen LogP contribution in [0.5, 0.6) is 23.3 Å². The summed E-state index contributed by atoms with van der Waals surface area (Å²) < 4.78 is 21.7. The lowest BCUT2D eigenvalue weighted by atomic mass is 10.1. The number of nitrogens with zero attached hydrogens (tertiary/aromatic N) is 3. The van der Waals surface area contributed by atoms with Gasteiger partial charge in [-0.25, -0.2) is 9.97 Å². The topological polar surface area (TPSA) is 83.0 Å². The van der Waals surface area contributed by atoms with E-state index in [9.17, 15) is 4.79 Å². The molecule has 1 amide bonds.